The molecular weight excluding hydrogens is 450 g/mol. The third kappa shape index (κ3) is 5.12. The summed E-state index contributed by atoms with van der Waals surface area (Å²) in [5.41, 5.74) is 0.820. The van der Waals surface area contributed by atoms with Crippen LogP contribution >= 0.6 is 11.8 Å². The lowest BCUT2D eigenvalue weighted by Crippen LogP contribution is -2.50. The normalized spacial score (nSPS) is 15.5. The van der Waals surface area contributed by atoms with Gasteiger partial charge in [-0.2, -0.15) is 4.31 Å². The highest BCUT2D eigenvalue weighted by Gasteiger charge is 2.27. The maximum absolute atomic E-state index is 12.6. The molecule has 1 saturated heterocycles. The van der Waals surface area contributed by atoms with Gasteiger partial charge >= 0.3 is 0 Å². The first-order valence-electron chi connectivity index (χ1n) is 10.0. The number of sulfonamides is 1. The Morgan fingerprint density at radius 3 is 2.53 bits per heavy atom. The zero-order chi connectivity index (χ0) is 22.6. The molecule has 3 heterocycles. The number of piperazine rings is 1. The van der Waals surface area contributed by atoms with Crippen molar-refractivity contribution in [3.05, 3.63) is 59.7 Å². The molecule has 1 amide bonds. The van der Waals surface area contributed by atoms with Gasteiger partial charge in [-0.3, -0.25) is 4.79 Å². The van der Waals surface area contributed by atoms with Crippen LogP contribution in [-0.2, 0) is 21.9 Å². The molecule has 0 unspecified atom stereocenters. The Balaban J connectivity index is 1.29. The molecular formula is C21H23N5O4S2. The van der Waals surface area contributed by atoms with E-state index in [1.54, 1.807) is 33.9 Å². The standard InChI is InChI=1S/C21H23N5O4S2/c1-24-20(18-8-5-14-30-18)22-23-21(24)31-16-19(27)25-10-12-26(13-11-25)32(28,29)15-9-17-6-3-2-4-7-17/h2-9,14-15H,10-13,16H2,1H3. The summed E-state index contributed by atoms with van der Waals surface area (Å²) in [4.78, 5) is 14.3. The van der Waals surface area contributed by atoms with Crippen molar-refractivity contribution in [1.29, 1.82) is 0 Å². The Hall–Kier alpha value is -2.89. The fraction of sp³-hybridized carbons (Fsp3) is 0.286. The minimum atomic E-state index is -3.53. The van der Waals surface area contributed by atoms with E-state index < -0.39 is 10.0 Å². The van der Waals surface area contributed by atoms with Crippen LogP contribution in [0, 0.1) is 0 Å². The number of carbonyl (C=O) groups excluding carboxylic acids is 1. The zero-order valence-corrected chi connectivity index (χ0v) is 19.1. The molecule has 1 aliphatic rings. The number of thioether (sulfide) groups is 1. The molecule has 0 bridgehead atoms. The smallest absolute Gasteiger partial charge is 0.236 e. The summed E-state index contributed by atoms with van der Waals surface area (Å²) in [7, 11) is -1.71. The third-order valence-electron chi connectivity index (χ3n) is 5.08. The van der Waals surface area contributed by atoms with E-state index in [-0.39, 0.29) is 24.7 Å². The number of nitrogens with zero attached hydrogens (tertiary/aromatic N) is 5. The van der Waals surface area contributed by atoms with Gasteiger partial charge < -0.3 is 13.9 Å². The summed E-state index contributed by atoms with van der Waals surface area (Å²) < 4.78 is 33.7. The van der Waals surface area contributed by atoms with Crippen LogP contribution in [0.1, 0.15) is 5.56 Å². The minimum Gasteiger partial charge on any atom is -0.461 e. The molecule has 0 radical (unpaired) electrons. The summed E-state index contributed by atoms with van der Waals surface area (Å²) in [5, 5.41) is 10.1. The van der Waals surface area contributed by atoms with Crippen LogP contribution in [0.15, 0.2) is 63.7 Å². The second-order valence-corrected chi connectivity index (χ2v) is 9.93. The summed E-state index contributed by atoms with van der Waals surface area (Å²) in [5.74, 6) is 1.34. The van der Waals surface area contributed by atoms with Crippen LogP contribution in [0.25, 0.3) is 17.7 Å². The molecule has 0 saturated carbocycles. The number of hydrogen-bond acceptors (Lipinski definition) is 7. The zero-order valence-electron chi connectivity index (χ0n) is 17.5. The molecule has 1 aromatic carbocycles. The minimum absolute atomic E-state index is 0.0607. The van der Waals surface area contributed by atoms with Crippen molar-refractivity contribution in [2.45, 2.75) is 5.16 Å². The van der Waals surface area contributed by atoms with Crippen LogP contribution in [0.4, 0.5) is 0 Å². The van der Waals surface area contributed by atoms with Gasteiger partial charge in [0.2, 0.25) is 15.9 Å². The molecule has 9 nitrogen and oxygen atoms in total. The van der Waals surface area contributed by atoms with Gasteiger partial charge in [-0.15, -0.1) is 10.2 Å². The number of amides is 1. The van der Waals surface area contributed by atoms with E-state index in [4.69, 9.17) is 4.42 Å². The lowest BCUT2D eigenvalue weighted by Gasteiger charge is -2.33. The molecule has 4 rings (SSSR count). The van der Waals surface area contributed by atoms with E-state index in [0.29, 0.717) is 29.8 Å². The number of rotatable bonds is 7. The van der Waals surface area contributed by atoms with Gasteiger partial charge in [-0.1, -0.05) is 42.1 Å². The molecule has 0 atom stereocenters. The maximum atomic E-state index is 12.6. The number of aromatic nitrogens is 3. The van der Waals surface area contributed by atoms with Crippen molar-refractivity contribution in [1.82, 2.24) is 24.0 Å². The van der Waals surface area contributed by atoms with E-state index in [1.807, 2.05) is 37.4 Å². The SMILES string of the molecule is Cn1c(SCC(=O)N2CCN(S(=O)(=O)C=Cc3ccccc3)CC2)nnc1-c1ccco1. The fourth-order valence-corrected chi connectivity index (χ4v) is 5.27. The van der Waals surface area contributed by atoms with Crippen LogP contribution in [-0.4, -0.2) is 70.2 Å². The summed E-state index contributed by atoms with van der Waals surface area (Å²) in [6, 6.07) is 12.8. The Kier molecular flexibility index (Phi) is 6.77. The highest BCUT2D eigenvalue weighted by atomic mass is 32.2. The second kappa shape index (κ2) is 9.72. The van der Waals surface area contributed by atoms with Crippen LogP contribution in [0.3, 0.4) is 0 Å². The van der Waals surface area contributed by atoms with Crippen molar-refractivity contribution in [2.75, 3.05) is 31.9 Å². The van der Waals surface area contributed by atoms with Crippen molar-refractivity contribution >= 4 is 33.8 Å². The molecule has 2 aromatic heterocycles. The average molecular weight is 474 g/mol. The van der Waals surface area contributed by atoms with E-state index in [1.165, 1.54) is 21.5 Å². The lowest BCUT2D eigenvalue weighted by molar-refractivity contribution is -0.129. The Morgan fingerprint density at radius 1 is 1.09 bits per heavy atom. The summed E-state index contributed by atoms with van der Waals surface area (Å²) in [6.45, 7) is 1.25. The topological polar surface area (TPSA) is 102 Å². The van der Waals surface area contributed by atoms with Crippen molar-refractivity contribution in [2.24, 2.45) is 7.05 Å². The number of hydrogen-bond donors (Lipinski definition) is 0. The molecule has 1 fully saturated rings. The quantitative estimate of drug-likeness (QED) is 0.485. The lowest BCUT2D eigenvalue weighted by atomic mass is 10.2. The molecule has 168 valence electrons. The molecule has 0 aliphatic carbocycles. The first kappa shape index (κ1) is 22.3. The molecule has 1 aliphatic heterocycles. The highest BCUT2D eigenvalue weighted by molar-refractivity contribution is 7.99. The van der Waals surface area contributed by atoms with Gasteiger partial charge in [-0.25, -0.2) is 8.42 Å². The Labute approximate surface area is 190 Å². The Bertz CT molecular complexity index is 1180. The predicted octanol–water partition coefficient (Wildman–Crippen LogP) is 2.31. The van der Waals surface area contributed by atoms with Gasteiger partial charge in [0.15, 0.2) is 16.7 Å². The first-order valence-corrected chi connectivity index (χ1v) is 12.5. The first-order chi connectivity index (χ1) is 15.4. The molecule has 3 aromatic rings. The monoisotopic (exact) mass is 473 g/mol. The number of furan rings is 1. The van der Waals surface area contributed by atoms with Gasteiger partial charge in [0.1, 0.15) is 0 Å². The summed E-state index contributed by atoms with van der Waals surface area (Å²) in [6.07, 6.45) is 3.15. The van der Waals surface area contributed by atoms with Crippen LogP contribution < -0.4 is 0 Å². The average Bonchev–Trinajstić information content (AvgIpc) is 3.47. The molecule has 0 spiro atoms. The number of benzene rings is 1. The van der Waals surface area contributed by atoms with Crippen molar-refractivity contribution in [3.8, 4) is 11.6 Å². The van der Waals surface area contributed by atoms with Crippen molar-refractivity contribution in [3.63, 3.8) is 0 Å². The Morgan fingerprint density at radius 2 is 1.84 bits per heavy atom. The van der Waals surface area contributed by atoms with Gasteiger partial charge in [0, 0.05) is 38.6 Å². The molecule has 0 N–H and O–H groups in total. The highest BCUT2D eigenvalue weighted by Crippen LogP contribution is 2.23. The maximum Gasteiger partial charge on any atom is 0.236 e. The summed E-state index contributed by atoms with van der Waals surface area (Å²) >= 11 is 1.29. The second-order valence-electron chi connectivity index (χ2n) is 7.17. The van der Waals surface area contributed by atoms with E-state index >= 15 is 0 Å². The van der Waals surface area contributed by atoms with Gasteiger partial charge in [0.25, 0.3) is 0 Å². The van der Waals surface area contributed by atoms with Crippen LogP contribution in [0.5, 0.6) is 0 Å². The number of carbonyl (C=O) groups is 1. The van der Waals surface area contributed by atoms with E-state index in [2.05, 4.69) is 10.2 Å². The van der Waals surface area contributed by atoms with Crippen molar-refractivity contribution < 1.29 is 17.6 Å². The van der Waals surface area contributed by atoms with Gasteiger partial charge in [-0.05, 0) is 23.8 Å². The predicted molar refractivity (Wildman–Crippen MR) is 122 cm³/mol. The third-order valence-corrected chi connectivity index (χ3v) is 7.65. The largest absolute Gasteiger partial charge is 0.461 e. The molecule has 32 heavy (non-hydrogen) atoms. The van der Waals surface area contributed by atoms with E-state index in [0.717, 1.165) is 5.56 Å². The molecule has 11 heteroatoms. The van der Waals surface area contributed by atoms with E-state index in [9.17, 15) is 13.2 Å². The fourth-order valence-electron chi connectivity index (χ4n) is 3.29. The van der Waals surface area contributed by atoms with Crippen LogP contribution in [0.2, 0.25) is 0 Å². The van der Waals surface area contributed by atoms with Gasteiger partial charge in [0.05, 0.1) is 12.0 Å².